The minimum Gasteiger partial charge on any atom is -0.481 e. The molecular formula is C18H19N3O3. The molecule has 0 bridgehead atoms. The Labute approximate surface area is 140 Å². The lowest BCUT2D eigenvalue weighted by atomic mass is 9.89. The van der Waals surface area contributed by atoms with Crippen LogP contribution in [0.4, 0.5) is 4.79 Å². The molecule has 1 aliphatic rings. The number of aliphatic carboxylic acids is 1. The van der Waals surface area contributed by atoms with Crippen molar-refractivity contribution in [2.75, 3.05) is 13.1 Å². The topological polar surface area (TPSA) is 82.5 Å². The maximum atomic E-state index is 12.4. The van der Waals surface area contributed by atoms with E-state index in [1.165, 1.54) is 0 Å². The summed E-state index contributed by atoms with van der Waals surface area (Å²) in [6.45, 7) is 0.991. The van der Waals surface area contributed by atoms with Crippen molar-refractivity contribution in [1.82, 2.24) is 15.2 Å². The number of aromatic nitrogens is 1. The third-order valence-corrected chi connectivity index (χ3v) is 4.32. The molecule has 6 heteroatoms. The molecule has 0 unspecified atom stereocenters. The predicted octanol–water partition coefficient (Wildman–Crippen LogP) is 2.09. The summed E-state index contributed by atoms with van der Waals surface area (Å²) in [5, 5.41) is 12.3. The summed E-state index contributed by atoms with van der Waals surface area (Å²) >= 11 is 0. The Balaban J connectivity index is 1.66. The van der Waals surface area contributed by atoms with Crippen LogP contribution in [0.25, 0.3) is 0 Å². The van der Waals surface area contributed by atoms with Crippen molar-refractivity contribution in [3.63, 3.8) is 0 Å². The summed E-state index contributed by atoms with van der Waals surface area (Å²) in [5.41, 5.74) is 1.85. The predicted molar refractivity (Wildman–Crippen MR) is 88.4 cm³/mol. The zero-order chi connectivity index (χ0) is 16.9. The van der Waals surface area contributed by atoms with E-state index < -0.39 is 11.9 Å². The van der Waals surface area contributed by atoms with Crippen molar-refractivity contribution in [3.05, 3.63) is 66.0 Å². The summed E-state index contributed by atoms with van der Waals surface area (Å²) in [7, 11) is 0. The molecule has 2 N–H and O–H groups in total. The number of benzene rings is 1. The number of carbonyl (C=O) groups is 2. The van der Waals surface area contributed by atoms with Crippen LogP contribution >= 0.6 is 0 Å². The minimum atomic E-state index is -0.869. The van der Waals surface area contributed by atoms with Gasteiger partial charge in [-0.15, -0.1) is 0 Å². The number of likely N-dealkylation sites (tertiary alicyclic amines) is 1. The summed E-state index contributed by atoms with van der Waals surface area (Å²) in [6, 6.07) is 12.9. The normalized spacial score (nSPS) is 19.9. The highest BCUT2D eigenvalue weighted by Gasteiger charge is 2.40. The van der Waals surface area contributed by atoms with Gasteiger partial charge in [-0.05, 0) is 17.2 Å². The molecule has 1 saturated heterocycles. The van der Waals surface area contributed by atoms with Crippen LogP contribution in [-0.2, 0) is 11.3 Å². The van der Waals surface area contributed by atoms with Gasteiger partial charge in [0.15, 0.2) is 0 Å². The van der Waals surface area contributed by atoms with Crippen LogP contribution < -0.4 is 5.32 Å². The second-order valence-electron chi connectivity index (χ2n) is 5.89. The highest BCUT2D eigenvalue weighted by Crippen LogP contribution is 2.32. The van der Waals surface area contributed by atoms with Gasteiger partial charge in [0.1, 0.15) is 0 Å². The summed E-state index contributed by atoms with van der Waals surface area (Å²) in [4.78, 5) is 29.5. The first kappa shape index (κ1) is 16.0. The molecule has 1 aliphatic heterocycles. The van der Waals surface area contributed by atoms with Gasteiger partial charge in [-0.2, -0.15) is 0 Å². The maximum absolute atomic E-state index is 12.4. The van der Waals surface area contributed by atoms with Crippen LogP contribution in [0.5, 0.6) is 0 Å². The van der Waals surface area contributed by atoms with Gasteiger partial charge in [0, 0.05) is 37.9 Å². The van der Waals surface area contributed by atoms with E-state index in [9.17, 15) is 14.7 Å². The Kier molecular flexibility index (Phi) is 4.74. The zero-order valence-corrected chi connectivity index (χ0v) is 13.1. The van der Waals surface area contributed by atoms with Crippen molar-refractivity contribution in [2.24, 2.45) is 5.92 Å². The van der Waals surface area contributed by atoms with Gasteiger partial charge in [-0.25, -0.2) is 4.79 Å². The van der Waals surface area contributed by atoms with E-state index in [0.29, 0.717) is 13.1 Å². The van der Waals surface area contributed by atoms with E-state index in [1.54, 1.807) is 17.3 Å². The highest BCUT2D eigenvalue weighted by atomic mass is 16.4. The molecular weight excluding hydrogens is 306 g/mol. The fraction of sp³-hybridized carbons (Fsp3) is 0.278. The molecule has 6 nitrogen and oxygen atoms in total. The molecule has 2 heterocycles. The van der Waals surface area contributed by atoms with Gasteiger partial charge < -0.3 is 15.3 Å². The lowest BCUT2D eigenvalue weighted by molar-refractivity contribution is -0.141. The van der Waals surface area contributed by atoms with Crippen LogP contribution in [0.1, 0.15) is 17.0 Å². The number of carboxylic acids is 1. The quantitative estimate of drug-likeness (QED) is 0.902. The van der Waals surface area contributed by atoms with Gasteiger partial charge in [-0.1, -0.05) is 36.4 Å². The number of carboxylic acid groups (broad SMARTS) is 1. The fourth-order valence-corrected chi connectivity index (χ4v) is 3.05. The first-order valence-electron chi connectivity index (χ1n) is 7.84. The average Bonchev–Trinajstić information content (AvgIpc) is 3.07. The molecule has 1 aromatic carbocycles. The largest absolute Gasteiger partial charge is 0.481 e. The van der Waals surface area contributed by atoms with Gasteiger partial charge >= 0.3 is 12.0 Å². The Morgan fingerprint density at radius 2 is 1.96 bits per heavy atom. The number of nitrogens with one attached hydrogen (secondary N) is 1. The van der Waals surface area contributed by atoms with E-state index in [2.05, 4.69) is 10.3 Å². The Morgan fingerprint density at radius 1 is 1.17 bits per heavy atom. The molecule has 2 atom stereocenters. The molecule has 1 fully saturated rings. The molecule has 24 heavy (non-hydrogen) atoms. The average molecular weight is 325 g/mol. The smallest absolute Gasteiger partial charge is 0.317 e. The Hall–Kier alpha value is -2.89. The van der Waals surface area contributed by atoms with Crippen molar-refractivity contribution < 1.29 is 14.7 Å². The number of nitrogens with zero attached hydrogens (tertiary/aromatic N) is 2. The molecule has 1 aromatic heterocycles. The van der Waals surface area contributed by atoms with Crippen LogP contribution in [0.15, 0.2) is 54.9 Å². The highest BCUT2D eigenvalue weighted by molar-refractivity contribution is 5.78. The lowest BCUT2D eigenvalue weighted by Gasteiger charge is -2.17. The number of rotatable bonds is 4. The van der Waals surface area contributed by atoms with E-state index in [0.717, 1.165) is 11.1 Å². The van der Waals surface area contributed by atoms with Crippen LogP contribution in [0.3, 0.4) is 0 Å². The van der Waals surface area contributed by atoms with Crippen molar-refractivity contribution in [2.45, 2.75) is 12.5 Å². The lowest BCUT2D eigenvalue weighted by Crippen LogP contribution is -2.38. The first-order chi connectivity index (χ1) is 11.6. The van der Waals surface area contributed by atoms with Crippen molar-refractivity contribution in [1.29, 1.82) is 0 Å². The van der Waals surface area contributed by atoms with E-state index in [4.69, 9.17) is 0 Å². The molecule has 0 spiro atoms. The summed E-state index contributed by atoms with van der Waals surface area (Å²) in [6.07, 6.45) is 3.37. The second kappa shape index (κ2) is 7.12. The number of pyridine rings is 1. The van der Waals surface area contributed by atoms with Gasteiger partial charge in [-0.3, -0.25) is 9.78 Å². The van der Waals surface area contributed by atoms with Crippen molar-refractivity contribution in [3.8, 4) is 0 Å². The molecule has 2 aromatic rings. The zero-order valence-electron chi connectivity index (χ0n) is 13.1. The molecule has 2 amide bonds. The van der Waals surface area contributed by atoms with Gasteiger partial charge in [0.25, 0.3) is 0 Å². The Morgan fingerprint density at radius 3 is 2.62 bits per heavy atom. The molecule has 0 radical (unpaired) electrons. The van der Waals surface area contributed by atoms with Crippen LogP contribution in [0, 0.1) is 5.92 Å². The molecule has 0 aliphatic carbocycles. The maximum Gasteiger partial charge on any atom is 0.317 e. The third-order valence-electron chi connectivity index (χ3n) is 4.32. The van der Waals surface area contributed by atoms with Gasteiger partial charge in [0.2, 0.25) is 0 Å². The number of hydrogen-bond donors (Lipinski definition) is 2. The fourth-order valence-electron chi connectivity index (χ4n) is 3.05. The van der Waals surface area contributed by atoms with E-state index in [-0.39, 0.29) is 18.5 Å². The van der Waals surface area contributed by atoms with Crippen LogP contribution in [0.2, 0.25) is 0 Å². The van der Waals surface area contributed by atoms with E-state index in [1.807, 2.05) is 42.5 Å². The summed E-state index contributed by atoms with van der Waals surface area (Å²) in [5.74, 6) is -1.64. The minimum absolute atomic E-state index is 0.187. The number of hydrogen-bond acceptors (Lipinski definition) is 3. The molecule has 0 saturated carbocycles. The van der Waals surface area contributed by atoms with Crippen LogP contribution in [-0.4, -0.2) is 40.1 Å². The second-order valence-corrected chi connectivity index (χ2v) is 5.89. The molecule has 3 rings (SSSR count). The summed E-state index contributed by atoms with van der Waals surface area (Å²) < 4.78 is 0. The Bertz CT molecular complexity index is 706. The molecule has 124 valence electrons. The number of urea groups is 1. The standard InChI is InChI=1S/C18H19N3O3/c22-17(23)16-12-21(11-15(16)14-6-2-1-3-7-14)18(24)20-10-13-5-4-8-19-9-13/h1-9,15-16H,10-12H2,(H,20,24)(H,22,23)/t15-,16+/m0/s1. The van der Waals surface area contributed by atoms with Crippen molar-refractivity contribution >= 4 is 12.0 Å². The first-order valence-corrected chi connectivity index (χ1v) is 7.84. The SMILES string of the molecule is O=C(O)[C@@H]1CN(C(=O)NCc2cccnc2)C[C@H]1c1ccccc1. The van der Waals surface area contributed by atoms with E-state index >= 15 is 0 Å². The number of carbonyl (C=O) groups excluding carboxylic acids is 1. The van der Waals surface area contributed by atoms with Gasteiger partial charge in [0.05, 0.1) is 5.92 Å². The monoisotopic (exact) mass is 325 g/mol. The third kappa shape index (κ3) is 3.53. The number of amides is 2.